The lowest BCUT2D eigenvalue weighted by atomic mass is 10.2. The number of imide groups is 1. The number of hydrogen-bond donors (Lipinski definition) is 4. The van der Waals surface area contributed by atoms with Crippen LogP contribution in [0.15, 0.2) is 5.16 Å². The fraction of sp³-hybridized carbons (Fsp3) is 0.250. The third-order valence-electron chi connectivity index (χ3n) is 1.15. The normalized spacial score (nSPS) is 28.1. The number of rotatable bonds is 0. The Labute approximate surface area is 61.2 Å². The minimum Gasteiger partial charge on any atom is -0.410 e. The summed E-state index contributed by atoms with van der Waals surface area (Å²) in [7, 11) is 0. The second kappa shape index (κ2) is 2.54. The number of carbonyl (C=O) groups excluding carboxylic acids is 2. The van der Waals surface area contributed by atoms with Gasteiger partial charge >= 0.3 is 6.03 Å². The fourth-order valence-corrected chi connectivity index (χ4v) is 0.662. The highest BCUT2D eigenvalue weighted by Gasteiger charge is 2.28. The minimum absolute atomic E-state index is 0.315. The first-order valence-electron chi connectivity index (χ1n) is 2.74. The Morgan fingerprint density at radius 3 is 2.64 bits per heavy atom. The molecule has 1 aliphatic rings. The van der Waals surface area contributed by atoms with Crippen LogP contribution in [0.4, 0.5) is 4.79 Å². The van der Waals surface area contributed by atoms with E-state index in [0.717, 1.165) is 0 Å². The largest absolute Gasteiger partial charge is 0.410 e. The monoisotopic (exact) mass is 158 g/mol. The summed E-state index contributed by atoms with van der Waals surface area (Å²) in [6, 6.07) is -0.699. The van der Waals surface area contributed by atoms with Gasteiger partial charge in [-0.15, -0.1) is 0 Å². The Morgan fingerprint density at radius 2 is 2.18 bits per heavy atom. The first-order chi connectivity index (χ1) is 5.15. The summed E-state index contributed by atoms with van der Waals surface area (Å²) in [4.78, 5) is 21.2. The molecule has 0 aromatic heterocycles. The van der Waals surface area contributed by atoms with Gasteiger partial charge in [0.1, 0.15) is 6.17 Å². The van der Waals surface area contributed by atoms with Gasteiger partial charge in [0.25, 0.3) is 5.91 Å². The third kappa shape index (κ3) is 1.27. The van der Waals surface area contributed by atoms with Crippen LogP contribution in [0.3, 0.4) is 0 Å². The van der Waals surface area contributed by atoms with Gasteiger partial charge in [-0.05, 0) is 0 Å². The molecule has 1 heterocycles. The van der Waals surface area contributed by atoms with Crippen molar-refractivity contribution in [1.82, 2.24) is 10.6 Å². The van der Waals surface area contributed by atoms with Crippen LogP contribution < -0.4 is 16.4 Å². The van der Waals surface area contributed by atoms with E-state index < -0.39 is 18.1 Å². The molecule has 0 aromatic rings. The molecule has 0 radical (unpaired) electrons. The van der Waals surface area contributed by atoms with Crippen molar-refractivity contribution in [3.8, 4) is 0 Å². The zero-order valence-corrected chi connectivity index (χ0v) is 5.37. The molecule has 5 N–H and O–H groups in total. The summed E-state index contributed by atoms with van der Waals surface area (Å²) in [5.74, 6) is -0.788. The standard InChI is InChI=1S/C4H6N4O3/c5-2-1(8-11)3(9)7-4(10)6-2/h2,11H,5H2,(H2,6,7,9,10). The molecule has 1 atom stereocenters. The third-order valence-corrected chi connectivity index (χ3v) is 1.15. The lowest BCUT2D eigenvalue weighted by Gasteiger charge is -2.19. The topological polar surface area (TPSA) is 117 Å². The molecule has 1 fully saturated rings. The zero-order valence-electron chi connectivity index (χ0n) is 5.37. The van der Waals surface area contributed by atoms with Crippen LogP contribution in [0.2, 0.25) is 0 Å². The Kier molecular flexibility index (Phi) is 1.73. The molecular formula is C4H6N4O3. The molecular weight excluding hydrogens is 152 g/mol. The van der Waals surface area contributed by atoms with Crippen LogP contribution in [0, 0.1) is 0 Å². The van der Waals surface area contributed by atoms with E-state index in [1.165, 1.54) is 0 Å². The molecule has 0 spiro atoms. The molecule has 1 aliphatic heterocycles. The summed E-state index contributed by atoms with van der Waals surface area (Å²) >= 11 is 0. The van der Waals surface area contributed by atoms with Gasteiger partial charge in [-0.25, -0.2) is 4.79 Å². The Balaban J connectivity index is 2.83. The van der Waals surface area contributed by atoms with E-state index in [-0.39, 0.29) is 5.71 Å². The van der Waals surface area contributed by atoms with Crippen molar-refractivity contribution in [2.45, 2.75) is 6.17 Å². The Bertz CT molecular complexity index is 235. The van der Waals surface area contributed by atoms with Crippen molar-refractivity contribution in [2.75, 3.05) is 0 Å². The van der Waals surface area contributed by atoms with E-state index >= 15 is 0 Å². The molecule has 1 rings (SSSR count). The number of amides is 3. The minimum atomic E-state index is -1.04. The maximum Gasteiger partial charge on any atom is 0.323 e. The number of nitrogens with zero attached hydrogens (tertiary/aromatic N) is 1. The molecule has 3 amide bonds. The highest BCUT2D eigenvalue weighted by Crippen LogP contribution is 1.88. The molecule has 1 unspecified atom stereocenters. The molecule has 11 heavy (non-hydrogen) atoms. The lowest BCUT2D eigenvalue weighted by molar-refractivity contribution is -0.114. The van der Waals surface area contributed by atoms with E-state index in [9.17, 15) is 9.59 Å². The highest BCUT2D eigenvalue weighted by atomic mass is 16.4. The van der Waals surface area contributed by atoms with Gasteiger partial charge in [0.05, 0.1) is 0 Å². The van der Waals surface area contributed by atoms with Gasteiger partial charge < -0.3 is 16.3 Å². The summed E-state index contributed by atoms with van der Waals surface area (Å²) in [6.45, 7) is 0. The second-order valence-electron chi connectivity index (χ2n) is 1.89. The van der Waals surface area contributed by atoms with E-state index in [4.69, 9.17) is 10.9 Å². The molecule has 0 bridgehead atoms. The summed E-state index contributed by atoms with van der Waals surface area (Å²) in [6.07, 6.45) is -1.04. The van der Waals surface area contributed by atoms with Crippen LogP contribution in [0.25, 0.3) is 0 Å². The van der Waals surface area contributed by atoms with E-state index in [1.807, 2.05) is 5.32 Å². The molecule has 60 valence electrons. The second-order valence-corrected chi connectivity index (χ2v) is 1.89. The van der Waals surface area contributed by atoms with Crippen LogP contribution in [-0.2, 0) is 4.79 Å². The fourth-order valence-electron chi connectivity index (χ4n) is 0.662. The molecule has 0 aromatic carbocycles. The average Bonchev–Trinajstić information content (AvgIpc) is 1.85. The predicted octanol–water partition coefficient (Wildman–Crippen LogP) is -2.06. The smallest absolute Gasteiger partial charge is 0.323 e. The predicted molar refractivity (Wildman–Crippen MR) is 33.9 cm³/mol. The number of nitrogens with one attached hydrogen (secondary N) is 2. The number of oxime groups is 1. The van der Waals surface area contributed by atoms with E-state index in [1.54, 1.807) is 0 Å². The zero-order chi connectivity index (χ0) is 8.43. The van der Waals surface area contributed by atoms with Gasteiger partial charge in [-0.2, -0.15) is 0 Å². The molecule has 0 saturated carbocycles. The number of carbonyl (C=O) groups is 2. The van der Waals surface area contributed by atoms with Crippen LogP contribution >= 0.6 is 0 Å². The van der Waals surface area contributed by atoms with Crippen LogP contribution in [-0.4, -0.2) is 29.0 Å². The average molecular weight is 158 g/mol. The van der Waals surface area contributed by atoms with Crippen molar-refractivity contribution in [3.63, 3.8) is 0 Å². The van der Waals surface area contributed by atoms with Crippen molar-refractivity contribution < 1.29 is 14.8 Å². The molecule has 1 saturated heterocycles. The summed E-state index contributed by atoms with van der Waals surface area (Å²) < 4.78 is 0. The number of hydrogen-bond acceptors (Lipinski definition) is 5. The van der Waals surface area contributed by atoms with Crippen LogP contribution in [0.1, 0.15) is 0 Å². The van der Waals surface area contributed by atoms with Crippen molar-refractivity contribution >= 4 is 17.6 Å². The lowest BCUT2D eigenvalue weighted by Crippen LogP contribution is -2.62. The van der Waals surface area contributed by atoms with Crippen molar-refractivity contribution in [2.24, 2.45) is 10.9 Å². The van der Waals surface area contributed by atoms with Gasteiger partial charge in [-0.3, -0.25) is 10.1 Å². The SMILES string of the molecule is NC1NC(=O)NC(=O)C1=NO. The maximum absolute atomic E-state index is 10.7. The van der Waals surface area contributed by atoms with Crippen molar-refractivity contribution in [1.29, 1.82) is 0 Å². The summed E-state index contributed by atoms with van der Waals surface area (Å²) in [5.41, 5.74) is 4.87. The molecule has 7 heteroatoms. The number of urea groups is 1. The molecule has 7 nitrogen and oxygen atoms in total. The first kappa shape index (κ1) is 7.48. The Morgan fingerprint density at radius 1 is 1.55 bits per heavy atom. The van der Waals surface area contributed by atoms with Gasteiger partial charge in [0.2, 0.25) is 0 Å². The highest BCUT2D eigenvalue weighted by molar-refractivity contribution is 6.44. The van der Waals surface area contributed by atoms with Crippen LogP contribution in [0.5, 0.6) is 0 Å². The maximum atomic E-state index is 10.7. The quantitative estimate of drug-likeness (QED) is 0.239. The van der Waals surface area contributed by atoms with Crippen molar-refractivity contribution in [3.05, 3.63) is 0 Å². The van der Waals surface area contributed by atoms with Gasteiger partial charge in [0, 0.05) is 0 Å². The number of nitrogens with two attached hydrogens (primary N) is 1. The van der Waals surface area contributed by atoms with Gasteiger partial charge in [0.15, 0.2) is 5.71 Å². The first-order valence-corrected chi connectivity index (χ1v) is 2.74. The molecule has 0 aliphatic carbocycles. The van der Waals surface area contributed by atoms with E-state index in [2.05, 4.69) is 10.5 Å². The van der Waals surface area contributed by atoms with Gasteiger partial charge in [-0.1, -0.05) is 5.16 Å². The Hall–Kier alpha value is -1.63. The summed E-state index contributed by atoms with van der Waals surface area (Å²) in [5, 5.41) is 14.8. The van der Waals surface area contributed by atoms with E-state index in [0.29, 0.717) is 0 Å².